The van der Waals surface area contributed by atoms with Gasteiger partial charge in [-0.25, -0.2) is 0 Å². The van der Waals surface area contributed by atoms with E-state index >= 15 is 0 Å². The summed E-state index contributed by atoms with van der Waals surface area (Å²) in [5.74, 6) is -0.0576. The van der Waals surface area contributed by atoms with E-state index in [0.717, 1.165) is 51.4 Å². The molecule has 2 unspecified atom stereocenters. The van der Waals surface area contributed by atoms with Gasteiger partial charge in [0.05, 0.1) is 18.8 Å². The summed E-state index contributed by atoms with van der Waals surface area (Å²) in [7, 11) is 0. The normalized spacial score (nSPS) is 13.1. The zero-order valence-electron chi connectivity index (χ0n) is 48.0. The molecule has 0 radical (unpaired) electrons. The van der Waals surface area contributed by atoms with Gasteiger partial charge in [-0.2, -0.15) is 0 Å². The minimum atomic E-state index is -0.839. The van der Waals surface area contributed by atoms with E-state index in [-0.39, 0.29) is 12.5 Å². The highest BCUT2D eigenvalue weighted by Crippen LogP contribution is 2.18. The smallest absolute Gasteiger partial charge is 0.220 e. The number of carbonyl (C=O) groups excluding carboxylic acids is 1. The van der Waals surface area contributed by atoms with Crippen molar-refractivity contribution in [3.05, 3.63) is 60.8 Å². The maximum atomic E-state index is 12.5. The molecule has 3 N–H and O–H groups in total. The Morgan fingerprint density at radius 2 is 0.620 bits per heavy atom. The first-order valence-corrected chi connectivity index (χ1v) is 32.0. The molecule has 0 heterocycles. The molecule has 4 nitrogen and oxygen atoms in total. The quantitative estimate of drug-likeness (QED) is 0.0420. The van der Waals surface area contributed by atoms with E-state index in [1.807, 2.05) is 6.08 Å². The van der Waals surface area contributed by atoms with Crippen LogP contribution in [0.1, 0.15) is 341 Å². The topological polar surface area (TPSA) is 69.6 Å². The number of aliphatic hydroxyl groups is 2. The van der Waals surface area contributed by atoms with Crippen LogP contribution in [0.25, 0.3) is 0 Å². The summed E-state index contributed by atoms with van der Waals surface area (Å²) >= 11 is 0. The van der Waals surface area contributed by atoms with Gasteiger partial charge in [-0.05, 0) is 57.8 Å². The molecule has 0 bridgehead atoms. The van der Waals surface area contributed by atoms with Crippen molar-refractivity contribution in [2.45, 2.75) is 353 Å². The van der Waals surface area contributed by atoms with Crippen molar-refractivity contribution in [3.63, 3.8) is 0 Å². The van der Waals surface area contributed by atoms with Crippen LogP contribution in [-0.2, 0) is 4.79 Å². The van der Waals surface area contributed by atoms with Crippen LogP contribution >= 0.6 is 0 Å². The van der Waals surface area contributed by atoms with Gasteiger partial charge in [-0.15, -0.1) is 0 Å². The molecule has 0 saturated heterocycles. The first-order valence-electron chi connectivity index (χ1n) is 32.0. The molecule has 0 aliphatic heterocycles. The monoisotopic (exact) mass is 992 g/mol. The van der Waals surface area contributed by atoms with Crippen molar-refractivity contribution in [1.29, 1.82) is 0 Å². The Balaban J connectivity index is 3.42. The van der Waals surface area contributed by atoms with Crippen LogP contribution in [0.2, 0.25) is 0 Å². The lowest BCUT2D eigenvalue weighted by molar-refractivity contribution is -0.123. The molecule has 0 aromatic rings. The number of hydrogen-bond acceptors (Lipinski definition) is 3. The molecular formula is C67H125NO3. The fourth-order valence-electron chi connectivity index (χ4n) is 9.94. The lowest BCUT2D eigenvalue weighted by Gasteiger charge is -2.20. The number of carbonyl (C=O) groups is 1. The Kier molecular flexibility index (Phi) is 60.7. The fraction of sp³-hybridized carbons (Fsp3) is 0.836. The van der Waals surface area contributed by atoms with E-state index in [1.54, 1.807) is 6.08 Å². The van der Waals surface area contributed by atoms with Crippen molar-refractivity contribution in [2.75, 3.05) is 6.61 Å². The molecule has 0 aliphatic carbocycles. The average molecular weight is 993 g/mol. The van der Waals surface area contributed by atoms with Crippen molar-refractivity contribution in [1.82, 2.24) is 5.32 Å². The first kappa shape index (κ1) is 69.1. The van der Waals surface area contributed by atoms with Crippen LogP contribution in [-0.4, -0.2) is 34.9 Å². The van der Waals surface area contributed by atoms with Crippen molar-refractivity contribution in [3.8, 4) is 0 Å². The lowest BCUT2D eigenvalue weighted by Crippen LogP contribution is -2.45. The van der Waals surface area contributed by atoms with E-state index in [2.05, 4.69) is 67.8 Å². The number of aliphatic hydroxyl groups excluding tert-OH is 2. The Morgan fingerprint density at radius 1 is 0.352 bits per heavy atom. The average Bonchev–Trinajstić information content (AvgIpc) is 3.37. The van der Waals surface area contributed by atoms with Gasteiger partial charge in [-0.1, -0.05) is 338 Å². The highest BCUT2D eigenvalue weighted by Gasteiger charge is 2.18. The zero-order valence-corrected chi connectivity index (χ0v) is 48.0. The summed E-state index contributed by atoms with van der Waals surface area (Å²) in [5.41, 5.74) is 0. The van der Waals surface area contributed by atoms with Gasteiger partial charge in [0.15, 0.2) is 0 Å². The van der Waals surface area contributed by atoms with Crippen LogP contribution in [0.5, 0.6) is 0 Å². The van der Waals surface area contributed by atoms with E-state index in [9.17, 15) is 15.0 Å². The molecule has 1 amide bonds. The third kappa shape index (κ3) is 58.8. The summed E-state index contributed by atoms with van der Waals surface area (Å²) in [5, 5.41) is 23.2. The van der Waals surface area contributed by atoms with E-state index < -0.39 is 12.1 Å². The van der Waals surface area contributed by atoms with Crippen LogP contribution < -0.4 is 5.32 Å². The van der Waals surface area contributed by atoms with Gasteiger partial charge >= 0.3 is 0 Å². The van der Waals surface area contributed by atoms with Crippen LogP contribution in [0.4, 0.5) is 0 Å². The van der Waals surface area contributed by atoms with Gasteiger partial charge in [0.25, 0.3) is 0 Å². The second-order valence-corrected chi connectivity index (χ2v) is 21.8. The molecule has 0 fully saturated rings. The summed E-state index contributed by atoms with van der Waals surface area (Å²) in [6.45, 7) is 4.23. The molecule has 2 atom stereocenters. The Bertz CT molecular complexity index is 1170. The van der Waals surface area contributed by atoms with Gasteiger partial charge in [0, 0.05) is 6.42 Å². The Hall–Kier alpha value is -1.91. The number of hydrogen-bond donors (Lipinski definition) is 3. The number of unbranched alkanes of at least 4 members (excludes halogenated alkanes) is 44. The van der Waals surface area contributed by atoms with Crippen LogP contribution in [0, 0.1) is 0 Å². The second kappa shape index (κ2) is 62.4. The molecule has 4 heteroatoms. The second-order valence-electron chi connectivity index (χ2n) is 21.8. The minimum absolute atomic E-state index is 0.0576. The minimum Gasteiger partial charge on any atom is -0.394 e. The summed E-state index contributed by atoms with van der Waals surface area (Å²) in [6.07, 6.45) is 88.5. The highest BCUT2D eigenvalue weighted by atomic mass is 16.3. The lowest BCUT2D eigenvalue weighted by atomic mass is 10.0. The SMILES string of the molecule is CC/C=C\C/C=C\C/C=C\C/C=C\CCCCCCCCCCCCCCCCCCCCCCCCCCC(=O)NC(CO)C(O)/C=C/CCCCCCCCCCCCCCCCCCCCCC. The first-order chi connectivity index (χ1) is 35.2. The number of amides is 1. The van der Waals surface area contributed by atoms with Gasteiger partial charge in [0.2, 0.25) is 5.91 Å². The predicted octanol–water partition coefficient (Wildman–Crippen LogP) is 21.5. The van der Waals surface area contributed by atoms with Crippen LogP contribution in [0.15, 0.2) is 60.8 Å². The summed E-state index contributed by atoms with van der Waals surface area (Å²) in [4.78, 5) is 12.5. The highest BCUT2D eigenvalue weighted by molar-refractivity contribution is 5.76. The summed E-state index contributed by atoms with van der Waals surface area (Å²) in [6, 6.07) is -0.622. The molecular weight excluding hydrogens is 867 g/mol. The zero-order chi connectivity index (χ0) is 51.3. The molecule has 0 saturated carbocycles. The molecule has 0 aromatic heterocycles. The molecule has 0 aromatic carbocycles. The third-order valence-electron chi connectivity index (χ3n) is 14.8. The van der Waals surface area contributed by atoms with Crippen LogP contribution in [0.3, 0.4) is 0 Å². The standard InChI is InChI=1S/C67H125NO3/c1-3-5-7-9-11-13-15-17-19-21-23-25-27-28-29-30-31-32-33-34-35-36-37-38-39-40-41-43-45-47-49-51-53-55-57-59-61-63-67(71)68-65(64-69)66(70)62-60-58-56-54-52-50-48-46-44-42-26-24-22-20-18-16-14-12-10-8-6-4-2/h5,7,11,13,17,19,23,25,60,62,65-66,69-70H,3-4,6,8-10,12,14-16,18,20-22,24,26-59,61,63-64H2,1-2H3,(H,68,71)/b7-5-,13-11-,19-17-,25-23-,62-60+. The van der Waals surface area contributed by atoms with E-state index in [4.69, 9.17) is 0 Å². The number of nitrogens with one attached hydrogen (secondary N) is 1. The predicted molar refractivity (Wildman–Crippen MR) is 318 cm³/mol. The molecule has 0 spiro atoms. The molecule has 71 heavy (non-hydrogen) atoms. The van der Waals surface area contributed by atoms with E-state index in [1.165, 1.54) is 270 Å². The van der Waals surface area contributed by atoms with Crippen molar-refractivity contribution in [2.24, 2.45) is 0 Å². The van der Waals surface area contributed by atoms with Crippen molar-refractivity contribution >= 4 is 5.91 Å². The molecule has 416 valence electrons. The van der Waals surface area contributed by atoms with Gasteiger partial charge < -0.3 is 15.5 Å². The van der Waals surface area contributed by atoms with Gasteiger partial charge in [0.1, 0.15) is 0 Å². The Labute approximate surface area is 445 Å². The maximum Gasteiger partial charge on any atom is 0.220 e. The number of rotatable bonds is 59. The number of allylic oxidation sites excluding steroid dienone is 9. The van der Waals surface area contributed by atoms with Gasteiger partial charge in [-0.3, -0.25) is 4.79 Å². The van der Waals surface area contributed by atoms with E-state index in [0.29, 0.717) is 6.42 Å². The third-order valence-corrected chi connectivity index (χ3v) is 14.8. The molecule has 0 aliphatic rings. The molecule has 0 rings (SSSR count). The maximum absolute atomic E-state index is 12.5. The fourth-order valence-corrected chi connectivity index (χ4v) is 9.94. The Morgan fingerprint density at radius 3 is 0.930 bits per heavy atom. The van der Waals surface area contributed by atoms with Crippen molar-refractivity contribution < 1.29 is 15.0 Å². The largest absolute Gasteiger partial charge is 0.394 e. The summed E-state index contributed by atoms with van der Waals surface area (Å²) < 4.78 is 0.